The molecule has 2 N–H and O–H groups in total. The molecule has 0 saturated carbocycles. The molecule has 190 valence electrons. The Bertz CT molecular complexity index is 1190. The number of benzene rings is 3. The lowest BCUT2D eigenvalue weighted by Crippen LogP contribution is -2.30. The highest BCUT2D eigenvalue weighted by Crippen LogP contribution is 2.26. The van der Waals surface area contributed by atoms with E-state index in [9.17, 15) is 14.7 Å². The minimum Gasteiger partial charge on any atom is -0.489 e. The third-order valence-corrected chi connectivity index (χ3v) is 6.08. The van der Waals surface area contributed by atoms with Gasteiger partial charge in [0, 0.05) is 12.0 Å². The van der Waals surface area contributed by atoms with Crippen molar-refractivity contribution in [1.29, 1.82) is 0 Å². The topological polar surface area (TPSA) is 75.6 Å². The predicted octanol–water partition coefficient (Wildman–Crippen LogP) is 6.73. The maximum Gasteiger partial charge on any atom is 0.303 e. The quantitative estimate of drug-likeness (QED) is 0.315. The summed E-state index contributed by atoms with van der Waals surface area (Å²) in [7, 11) is 0. The van der Waals surface area contributed by atoms with E-state index in [1.54, 1.807) is 18.2 Å². The van der Waals surface area contributed by atoms with Crippen LogP contribution >= 0.6 is 0 Å². The van der Waals surface area contributed by atoms with E-state index in [4.69, 9.17) is 4.74 Å². The Kier molecular flexibility index (Phi) is 9.29. The molecule has 0 radical (unpaired) electrons. The van der Waals surface area contributed by atoms with Gasteiger partial charge in [-0.2, -0.15) is 0 Å². The van der Waals surface area contributed by atoms with E-state index in [0.717, 1.165) is 34.2 Å². The summed E-state index contributed by atoms with van der Waals surface area (Å²) in [6.07, 6.45) is 1.02. The zero-order chi connectivity index (χ0) is 26.2. The first kappa shape index (κ1) is 27.0. The van der Waals surface area contributed by atoms with Crippen LogP contribution < -0.4 is 10.1 Å². The third kappa shape index (κ3) is 7.98. The van der Waals surface area contributed by atoms with Crippen molar-refractivity contribution in [1.82, 2.24) is 5.32 Å². The number of aliphatic carboxylic acids is 1. The van der Waals surface area contributed by atoms with Gasteiger partial charge in [0.25, 0.3) is 5.91 Å². The van der Waals surface area contributed by atoms with Gasteiger partial charge in [0.15, 0.2) is 0 Å². The number of aryl methyl sites for hydroxylation is 4. The molecule has 1 unspecified atom stereocenters. The van der Waals surface area contributed by atoms with Crippen molar-refractivity contribution in [2.45, 2.75) is 66.5 Å². The zero-order valence-corrected chi connectivity index (χ0v) is 21.9. The smallest absolute Gasteiger partial charge is 0.303 e. The summed E-state index contributed by atoms with van der Waals surface area (Å²) >= 11 is 0. The first-order valence-corrected chi connectivity index (χ1v) is 12.5. The van der Waals surface area contributed by atoms with Crippen molar-refractivity contribution in [2.75, 3.05) is 0 Å². The summed E-state index contributed by atoms with van der Waals surface area (Å²) in [5.74, 6) is -0.158. The van der Waals surface area contributed by atoms with E-state index in [0.29, 0.717) is 29.4 Å². The largest absolute Gasteiger partial charge is 0.489 e. The number of rotatable bonds is 11. The van der Waals surface area contributed by atoms with Gasteiger partial charge in [-0.15, -0.1) is 0 Å². The molecule has 0 aromatic heterocycles. The normalized spacial score (nSPS) is 11.8. The monoisotopic (exact) mass is 487 g/mol. The zero-order valence-electron chi connectivity index (χ0n) is 21.9. The SMILES string of the molecule is Cc1cccc(COc2ccc(CCC(=O)O)c(C(=O)NC(CC(C)C)c3cc(C)cc(C)c3)c2)c1. The molecule has 5 heteroatoms. The second-order valence-electron chi connectivity index (χ2n) is 10.1. The molecule has 36 heavy (non-hydrogen) atoms. The summed E-state index contributed by atoms with van der Waals surface area (Å²) in [5.41, 5.74) is 6.74. The maximum atomic E-state index is 13.6. The number of carboxylic acid groups (broad SMARTS) is 1. The average molecular weight is 488 g/mol. The molecule has 1 atom stereocenters. The van der Waals surface area contributed by atoms with Gasteiger partial charge in [-0.05, 0) is 68.4 Å². The van der Waals surface area contributed by atoms with Gasteiger partial charge in [-0.3, -0.25) is 9.59 Å². The highest BCUT2D eigenvalue weighted by Gasteiger charge is 2.21. The summed E-state index contributed by atoms with van der Waals surface area (Å²) in [6.45, 7) is 10.8. The second-order valence-corrected chi connectivity index (χ2v) is 10.1. The lowest BCUT2D eigenvalue weighted by molar-refractivity contribution is -0.136. The molecule has 0 aliphatic rings. The van der Waals surface area contributed by atoms with Crippen molar-refractivity contribution in [2.24, 2.45) is 5.92 Å². The molecule has 5 nitrogen and oxygen atoms in total. The van der Waals surface area contributed by atoms with Gasteiger partial charge in [0.1, 0.15) is 12.4 Å². The Labute approximate surface area is 214 Å². The molecule has 0 fully saturated rings. The van der Waals surface area contributed by atoms with E-state index in [1.165, 1.54) is 0 Å². The van der Waals surface area contributed by atoms with Crippen molar-refractivity contribution in [3.05, 3.63) is 99.6 Å². The fraction of sp³-hybridized carbons (Fsp3) is 0.355. The summed E-state index contributed by atoms with van der Waals surface area (Å²) < 4.78 is 6.01. The molecule has 0 aliphatic carbocycles. The Morgan fingerprint density at radius 2 is 1.64 bits per heavy atom. The summed E-state index contributed by atoms with van der Waals surface area (Å²) in [6, 6.07) is 19.6. The standard InChI is InChI=1S/C31H37NO4/c1-20(2)13-29(26-16-22(4)14-23(5)17-26)32-31(35)28-18-27(11-9-25(28)10-12-30(33)34)36-19-24-8-6-7-21(3)15-24/h6-9,11,14-18,20,29H,10,12-13,19H2,1-5H3,(H,32,35)(H,33,34). The van der Waals surface area contributed by atoms with E-state index >= 15 is 0 Å². The minimum atomic E-state index is -0.894. The lowest BCUT2D eigenvalue weighted by Gasteiger charge is -2.23. The van der Waals surface area contributed by atoms with E-state index in [1.807, 2.05) is 25.1 Å². The summed E-state index contributed by atoms with van der Waals surface area (Å²) in [5, 5.41) is 12.4. The Hall–Kier alpha value is -3.60. The molecule has 0 spiro atoms. The highest BCUT2D eigenvalue weighted by molar-refractivity contribution is 5.96. The van der Waals surface area contributed by atoms with Crippen molar-refractivity contribution in [3.8, 4) is 5.75 Å². The molecule has 3 aromatic rings. The number of amides is 1. The second kappa shape index (κ2) is 12.4. The molecular formula is C31H37NO4. The van der Waals surface area contributed by atoms with Crippen molar-refractivity contribution >= 4 is 11.9 Å². The predicted molar refractivity (Wildman–Crippen MR) is 143 cm³/mol. The molecule has 0 bridgehead atoms. The number of ether oxygens (including phenoxy) is 1. The molecule has 1 amide bonds. The van der Waals surface area contributed by atoms with Gasteiger partial charge in [-0.25, -0.2) is 0 Å². The molecule has 0 heterocycles. The fourth-order valence-electron chi connectivity index (χ4n) is 4.48. The number of carbonyl (C=O) groups is 2. The van der Waals surface area contributed by atoms with Gasteiger partial charge >= 0.3 is 5.97 Å². The van der Waals surface area contributed by atoms with Gasteiger partial charge in [0.2, 0.25) is 0 Å². The first-order chi connectivity index (χ1) is 17.1. The average Bonchev–Trinajstić information content (AvgIpc) is 2.80. The fourth-order valence-corrected chi connectivity index (χ4v) is 4.48. The number of hydrogen-bond donors (Lipinski definition) is 2. The minimum absolute atomic E-state index is 0.0454. The maximum absolute atomic E-state index is 13.6. The van der Waals surface area contributed by atoms with Crippen LogP contribution in [-0.4, -0.2) is 17.0 Å². The molecular weight excluding hydrogens is 450 g/mol. The van der Waals surface area contributed by atoms with E-state index in [2.05, 4.69) is 57.3 Å². The van der Waals surface area contributed by atoms with Crippen molar-refractivity contribution in [3.63, 3.8) is 0 Å². The van der Waals surface area contributed by atoms with Gasteiger partial charge in [-0.1, -0.05) is 79.1 Å². The van der Waals surface area contributed by atoms with E-state index in [-0.39, 0.29) is 24.8 Å². The molecule has 3 aromatic carbocycles. The van der Waals surface area contributed by atoms with Crippen LogP contribution in [0.15, 0.2) is 60.7 Å². The van der Waals surface area contributed by atoms with Gasteiger partial charge in [0.05, 0.1) is 6.04 Å². The molecule has 3 rings (SSSR count). The van der Waals surface area contributed by atoms with Crippen LogP contribution in [-0.2, 0) is 17.8 Å². The molecule has 0 saturated heterocycles. The first-order valence-electron chi connectivity index (χ1n) is 12.5. The third-order valence-electron chi connectivity index (χ3n) is 6.08. The Balaban J connectivity index is 1.88. The number of carbonyl (C=O) groups excluding carboxylic acids is 1. The highest BCUT2D eigenvalue weighted by atomic mass is 16.5. The summed E-state index contributed by atoms with van der Waals surface area (Å²) in [4.78, 5) is 24.8. The number of nitrogens with one attached hydrogen (secondary N) is 1. The number of carboxylic acids is 1. The van der Waals surface area contributed by atoms with Gasteiger partial charge < -0.3 is 15.2 Å². The van der Waals surface area contributed by atoms with Crippen LogP contribution in [0.2, 0.25) is 0 Å². The Morgan fingerprint density at radius 1 is 0.917 bits per heavy atom. The molecule has 0 aliphatic heterocycles. The number of hydrogen-bond acceptors (Lipinski definition) is 3. The van der Waals surface area contributed by atoms with Crippen LogP contribution in [0.5, 0.6) is 5.75 Å². The van der Waals surface area contributed by atoms with Crippen LogP contribution in [0.3, 0.4) is 0 Å². The van der Waals surface area contributed by atoms with Crippen LogP contribution in [0.4, 0.5) is 0 Å². The van der Waals surface area contributed by atoms with Crippen LogP contribution in [0.25, 0.3) is 0 Å². The Morgan fingerprint density at radius 3 is 2.28 bits per heavy atom. The van der Waals surface area contributed by atoms with Crippen LogP contribution in [0, 0.1) is 26.7 Å². The van der Waals surface area contributed by atoms with Crippen LogP contribution in [0.1, 0.15) is 76.5 Å². The van der Waals surface area contributed by atoms with Crippen molar-refractivity contribution < 1.29 is 19.4 Å². The van der Waals surface area contributed by atoms with E-state index < -0.39 is 5.97 Å². The lowest BCUT2D eigenvalue weighted by atomic mass is 9.93.